The number of fused-ring (bicyclic) bond motifs is 1. The summed E-state index contributed by atoms with van der Waals surface area (Å²) < 4.78 is 0. The van der Waals surface area contributed by atoms with Gasteiger partial charge >= 0.3 is 0 Å². The number of allylic oxidation sites excluding steroid dienone is 5. The van der Waals surface area contributed by atoms with Gasteiger partial charge in [0.15, 0.2) is 0 Å². The summed E-state index contributed by atoms with van der Waals surface area (Å²) in [5.41, 5.74) is 0.908. The molecule has 0 heterocycles. The van der Waals surface area contributed by atoms with Crippen LogP contribution in [0.15, 0.2) is 47.6 Å². The van der Waals surface area contributed by atoms with E-state index in [0.717, 1.165) is 49.7 Å². The Labute approximate surface area is 189 Å². The molecule has 31 heavy (non-hydrogen) atoms. The summed E-state index contributed by atoms with van der Waals surface area (Å²) in [6.45, 7) is 14.7. The summed E-state index contributed by atoms with van der Waals surface area (Å²) in [6.07, 6.45) is 14.9. The topological polar surface area (TPSA) is 60.7 Å². The lowest BCUT2D eigenvalue weighted by Gasteiger charge is -2.52. The molecule has 3 nitrogen and oxygen atoms in total. The minimum atomic E-state index is -1.26. The third-order valence-corrected chi connectivity index (χ3v) is 8.92. The third kappa shape index (κ3) is 4.51. The van der Waals surface area contributed by atoms with Crippen LogP contribution in [0.25, 0.3) is 0 Å². The summed E-state index contributed by atoms with van der Waals surface area (Å²) in [7, 11) is 0. The van der Waals surface area contributed by atoms with Crippen molar-refractivity contribution in [1.29, 1.82) is 0 Å². The van der Waals surface area contributed by atoms with Crippen LogP contribution in [-0.2, 0) is 0 Å². The van der Waals surface area contributed by atoms with Crippen LogP contribution in [0, 0.1) is 23.2 Å². The van der Waals surface area contributed by atoms with E-state index >= 15 is 0 Å². The molecule has 6 atom stereocenters. The molecule has 3 aliphatic rings. The van der Waals surface area contributed by atoms with Crippen molar-refractivity contribution < 1.29 is 15.3 Å². The molecule has 0 radical (unpaired) electrons. The van der Waals surface area contributed by atoms with Gasteiger partial charge in [-0.15, -0.1) is 0 Å². The van der Waals surface area contributed by atoms with Crippen molar-refractivity contribution in [3.05, 3.63) is 47.6 Å². The molecular formula is C28H44O3. The molecule has 0 saturated heterocycles. The summed E-state index contributed by atoms with van der Waals surface area (Å²) >= 11 is 0. The Bertz CT molecular complexity index is 771. The fourth-order valence-electron chi connectivity index (χ4n) is 6.18. The molecule has 0 aliphatic heterocycles. The van der Waals surface area contributed by atoms with E-state index in [-0.39, 0.29) is 17.4 Å². The second-order valence-electron chi connectivity index (χ2n) is 11.3. The minimum Gasteiger partial charge on any atom is -0.393 e. The van der Waals surface area contributed by atoms with Crippen LogP contribution in [-0.4, -0.2) is 32.6 Å². The van der Waals surface area contributed by atoms with E-state index in [1.807, 2.05) is 6.08 Å². The van der Waals surface area contributed by atoms with E-state index in [1.54, 1.807) is 6.92 Å². The Kier molecular flexibility index (Phi) is 7.11. The average molecular weight is 429 g/mol. The summed E-state index contributed by atoms with van der Waals surface area (Å²) in [6, 6.07) is 0. The van der Waals surface area contributed by atoms with Gasteiger partial charge in [0.25, 0.3) is 0 Å². The van der Waals surface area contributed by atoms with Gasteiger partial charge in [-0.2, -0.15) is 0 Å². The molecule has 3 fully saturated rings. The monoisotopic (exact) mass is 428 g/mol. The van der Waals surface area contributed by atoms with Crippen LogP contribution in [0.3, 0.4) is 0 Å². The highest BCUT2D eigenvalue weighted by atomic mass is 16.4. The van der Waals surface area contributed by atoms with Crippen molar-refractivity contribution in [3.63, 3.8) is 0 Å². The fraction of sp³-hybridized carbons (Fsp3) is 0.714. The Balaban J connectivity index is 1.87. The molecule has 3 rings (SSSR count). The predicted molar refractivity (Wildman–Crippen MR) is 129 cm³/mol. The third-order valence-electron chi connectivity index (χ3n) is 8.92. The molecule has 0 aromatic heterocycles. The van der Waals surface area contributed by atoms with E-state index in [9.17, 15) is 15.3 Å². The van der Waals surface area contributed by atoms with Crippen molar-refractivity contribution in [1.82, 2.24) is 0 Å². The van der Waals surface area contributed by atoms with Crippen LogP contribution >= 0.6 is 0 Å². The van der Waals surface area contributed by atoms with Crippen molar-refractivity contribution in [2.24, 2.45) is 23.2 Å². The fourth-order valence-corrected chi connectivity index (χ4v) is 6.18. The lowest BCUT2D eigenvalue weighted by atomic mass is 9.57. The molecule has 3 saturated carbocycles. The smallest absolute Gasteiger partial charge is 0.109 e. The number of hydrogen-bond donors (Lipinski definition) is 3. The summed E-state index contributed by atoms with van der Waals surface area (Å²) in [5.74, 6) is 1.12. The van der Waals surface area contributed by atoms with Gasteiger partial charge in [-0.05, 0) is 81.6 Å². The van der Waals surface area contributed by atoms with Gasteiger partial charge in [0, 0.05) is 5.41 Å². The van der Waals surface area contributed by atoms with E-state index < -0.39 is 11.2 Å². The quantitative estimate of drug-likeness (QED) is 0.480. The minimum absolute atomic E-state index is 0.265. The van der Waals surface area contributed by atoms with Gasteiger partial charge in [-0.1, -0.05) is 69.7 Å². The first-order valence-electron chi connectivity index (χ1n) is 12.3. The average Bonchev–Trinajstić information content (AvgIpc) is 2.99. The van der Waals surface area contributed by atoms with Gasteiger partial charge in [0.05, 0.1) is 6.10 Å². The number of rotatable bonds is 5. The Hall–Kier alpha value is -1.16. The van der Waals surface area contributed by atoms with Crippen LogP contribution in [0.5, 0.6) is 0 Å². The molecule has 0 aromatic carbocycles. The van der Waals surface area contributed by atoms with Crippen molar-refractivity contribution >= 4 is 0 Å². The molecule has 3 N–H and O–H groups in total. The Morgan fingerprint density at radius 1 is 1.13 bits per heavy atom. The largest absolute Gasteiger partial charge is 0.393 e. The lowest BCUT2D eigenvalue weighted by molar-refractivity contribution is -0.179. The molecule has 174 valence electrons. The maximum Gasteiger partial charge on any atom is 0.109 e. The molecule has 0 aromatic rings. The highest BCUT2D eigenvalue weighted by Gasteiger charge is 2.64. The van der Waals surface area contributed by atoms with Crippen molar-refractivity contribution in [3.8, 4) is 0 Å². The van der Waals surface area contributed by atoms with E-state index in [4.69, 9.17) is 0 Å². The van der Waals surface area contributed by atoms with Gasteiger partial charge in [-0.3, -0.25) is 0 Å². The van der Waals surface area contributed by atoms with Gasteiger partial charge in [0.2, 0.25) is 0 Å². The highest BCUT2D eigenvalue weighted by molar-refractivity contribution is 5.37. The van der Waals surface area contributed by atoms with Gasteiger partial charge < -0.3 is 15.3 Å². The van der Waals surface area contributed by atoms with E-state index in [2.05, 4.69) is 52.5 Å². The highest BCUT2D eigenvalue weighted by Crippen LogP contribution is 2.62. The number of hydrogen-bond acceptors (Lipinski definition) is 3. The molecule has 0 amide bonds. The van der Waals surface area contributed by atoms with Crippen LogP contribution in [0.2, 0.25) is 0 Å². The zero-order chi connectivity index (χ0) is 23.0. The SMILES string of the molecule is C=C1CC[C@H](O)CC1=CC=C1CCC[C@@]2(C)C1CC[C@@]2(O)[C@@](C)(O)C=C[C@H](C)C(C)C. The van der Waals surface area contributed by atoms with Gasteiger partial charge in [0.1, 0.15) is 11.2 Å². The Morgan fingerprint density at radius 2 is 1.84 bits per heavy atom. The van der Waals surface area contributed by atoms with Crippen molar-refractivity contribution in [2.75, 3.05) is 0 Å². The first-order chi connectivity index (χ1) is 14.4. The normalized spacial score (nSPS) is 40.0. The Morgan fingerprint density at radius 3 is 2.52 bits per heavy atom. The number of aliphatic hydroxyl groups excluding tert-OH is 1. The predicted octanol–water partition coefficient (Wildman–Crippen LogP) is 5.87. The van der Waals surface area contributed by atoms with Crippen LogP contribution < -0.4 is 0 Å². The molecular weight excluding hydrogens is 384 g/mol. The lowest BCUT2D eigenvalue weighted by Crippen LogP contribution is -2.60. The molecule has 0 bridgehead atoms. The first-order valence-corrected chi connectivity index (χ1v) is 12.3. The maximum absolute atomic E-state index is 11.9. The molecule has 1 unspecified atom stereocenters. The zero-order valence-electron chi connectivity index (χ0n) is 20.3. The summed E-state index contributed by atoms with van der Waals surface area (Å²) in [4.78, 5) is 0. The van der Waals surface area contributed by atoms with Crippen LogP contribution in [0.1, 0.15) is 86.0 Å². The standard InChI is InChI=1S/C28H44O3/c1-19(2)20(3)13-16-27(6,30)28(31)17-14-25-22(8-7-15-26(25,28)5)10-11-23-18-24(29)12-9-21(23)4/h10-11,13,16,19-20,24-25,29-31H,4,7-9,12,14-15,17-18H2,1-3,5-6H3/t20-,24-,25?,26-,27-,28-/m0/s1. The van der Waals surface area contributed by atoms with E-state index in [0.29, 0.717) is 24.7 Å². The second-order valence-corrected chi connectivity index (χ2v) is 11.3. The molecule has 0 spiro atoms. The van der Waals surface area contributed by atoms with Crippen LogP contribution in [0.4, 0.5) is 0 Å². The second kappa shape index (κ2) is 9.00. The van der Waals surface area contributed by atoms with E-state index in [1.165, 1.54) is 5.57 Å². The summed E-state index contributed by atoms with van der Waals surface area (Å²) in [5, 5.41) is 33.5. The number of aliphatic hydroxyl groups is 3. The van der Waals surface area contributed by atoms with Crippen molar-refractivity contribution in [2.45, 2.75) is 103 Å². The zero-order valence-corrected chi connectivity index (χ0v) is 20.3. The van der Waals surface area contributed by atoms with Gasteiger partial charge in [-0.25, -0.2) is 0 Å². The molecule has 3 heteroatoms. The first kappa shape index (κ1) is 24.5. The maximum atomic E-state index is 11.9. The molecule has 3 aliphatic carbocycles.